The van der Waals surface area contributed by atoms with Crippen molar-refractivity contribution < 1.29 is 22.7 Å². The Morgan fingerprint density at radius 1 is 1.50 bits per heavy atom. The molecule has 0 aromatic heterocycles. The number of amides is 1. The van der Waals surface area contributed by atoms with Crippen molar-refractivity contribution in [3.63, 3.8) is 0 Å². The lowest BCUT2D eigenvalue weighted by Crippen LogP contribution is -2.35. The molecule has 0 aliphatic carbocycles. The molecule has 0 spiro atoms. The highest BCUT2D eigenvalue weighted by atomic mass is 79.9. The molecule has 1 atom stereocenters. The van der Waals surface area contributed by atoms with Crippen molar-refractivity contribution in [3.8, 4) is 5.75 Å². The van der Waals surface area contributed by atoms with Crippen molar-refractivity contribution in [2.45, 2.75) is 32.2 Å². The van der Waals surface area contributed by atoms with Gasteiger partial charge in [-0.25, -0.2) is 0 Å². The van der Waals surface area contributed by atoms with Gasteiger partial charge >= 0.3 is 6.36 Å². The van der Waals surface area contributed by atoms with Crippen LogP contribution in [0.15, 0.2) is 22.7 Å². The molecule has 0 heterocycles. The Hall–Kier alpha value is -1.28. The predicted octanol–water partition coefficient (Wildman–Crippen LogP) is 3.41. The van der Waals surface area contributed by atoms with Crippen LogP contribution in [-0.4, -0.2) is 18.3 Å². The fourth-order valence-corrected chi connectivity index (χ4v) is 1.92. The molecule has 0 saturated carbocycles. The first-order valence-corrected chi connectivity index (χ1v) is 6.64. The third kappa shape index (κ3) is 5.38. The van der Waals surface area contributed by atoms with Crippen LogP contribution in [0.4, 0.5) is 18.9 Å². The van der Waals surface area contributed by atoms with Gasteiger partial charge in [0.15, 0.2) is 0 Å². The lowest BCUT2D eigenvalue weighted by molar-refractivity contribution is -0.274. The van der Waals surface area contributed by atoms with Gasteiger partial charge in [0, 0.05) is 5.69 Å². The molecule has 112 valence electrons. The van der Waals surface area contributed by atoms with Gasteiger partial charge in [-0.1, -0.05) is 13.3 Å². The quantitative estimate of drug-likeness (QED) is 0.851. The van der Waals surface area contributed by atoms with Gasteiger partial charge in [-0.3, -0.25) is 4.79 Å². The number of halogens is 4. The van der Waals surface area contributed by atoms with Crippen molar-refractivity contribution in [1.82, 2.24) is 0 Å². The molecule has 0 aliphatic rings. The number of nitrogens with two attached hydrogens (primary N) is 1. The number of nitrogens with one attached hydrogen (secondary N) is 1. The second-order valence-corrected chi connectivity index (χ2v) is 4.93. The minimum atomic E-state index is -4.77. The molecule has 20 heavy (non-hydrogen) atoms. The van der Waals surface area contributed by atoms with Crippen LogP contribution in [0, 0.1) is 0 Å². The standard InChI is InChI=1S/C12H14BrF3N2O2/c1-2-3-9(17)11(19)18-7-4-5-10(8(13)6-7)20-12(14,15)16/h4-6,9H,2-3,17H2,1H3,(H,18,19)/t9-/m0/s1. The van der Waals surface area contributed by atoms with E-state index in [-0.39, 0.29) is 16.1 Å². The maximum atomic E-state index is 12.1. The topological polar surface area (TPSA) is 64.4 Å². The fraction of sp³-hybridized carbons (Fsp3) is 0.417. The summed E-state index contributed by atoms with van der Waals surface area (Å²) in [6.45, 7) is 1.90. The largest absolute Gasteiger partial charge is 0.573 e. The van der Waals surface area contributed by atoms with Crippen LogP contribution in [0.25, 0.3) is 0 Å². The Labute approximate surface area is 122 Å². The van der Waals surface area contributed by atoms with E-state index in [9.17, 15) is 18.0 Å². The molecule has 1 aromatic carbocycles. The van der Waals surface area contributed by atoms with E-state index in [2.05, 4.69) is 26.0 Å². The first kappa shape index (κ1) is 16.8. The lowest BCUT2D eigenvalue weighted by Gasteiger charge is -2.14. The van der Waals surface area contributed by atoms with E-state index in [4.69, 9.17) is 5.73 Å². The lowest BCUT2D eigenvalue weighted by atomic mass is 10.1. The van der Waals surface area contributed by atoms with Crippen LogP contribution < -0.4 is 15.8 Å². The summed E-state index contributed by atoms with van der Waals surface area (Å²) >= 11 is 2.95. The molecule has 1 amide bonds. The Bertz CT molecular complexity index is 480. The van der Waals surface area contributed by atoms with Gasteiger partial charge in [0.05, 0.1) is 10.5 Å². The van der Waals surface area contributed by atoms with E-state index < -0.39 is 12.4 Å². The number of alkyl halides is 3. The zero-order valence-corrected chi connectivity index (χ0v) is 12.2. The van der Waals surface area contributed by atoms with Gasteiger partial charge in [-0.2, -0.15) is 0 Å². The Balaban J connectivity index is 2.75. The normalized spacial score (nSPS) is 12.9. The summed E-state index contributed by atoms with van der Waals surface area (Å²) in [6, 6.07) is 3.09. The van der Waals surface area contributed by atoms with Gasteiger partial charge in [-0.15, -0.1) is 13.2 Å². The maximum absolute atomic E-state index is 12.1. The minimum absolute atomic E-state index is 0.0803. The number of hydrogen-bond donors (Lipinski definition) is 2. The predicted molar refractivity (Wildman–Crippen MR) is 72.3 cm³/mol. The molecule has 0 saturated heterocycles. The SMILES string of the molecule is CCC[C@H](N)C(=O)Nc1ccc(OC(F)(F)F)c(Br)c1. The molecule has 0 aliphatic heterocycles. The summed E-state index contributed by atoms with van der Waals surface area (Å²) in [4.78, 5) is 11.7. The Morgan fingerprint density at radius 3 is 2.65 bits per heavy atom. The van der Waals surface area contributed by atoms with Gasteiger partial charge in [0.1, 0.15) is 5.75 Å². The summed E-state index contributed by atoms with van der Waals surface area (Å²) in [5.41, 5.74) is 5.97. The number of carbonyl (C=O) groups excluding carboxylic acids is 1. The average Bonchev–Trinajstić information content (AvgIpc) is 2.31. The van der Waals surface area contributed by atoms with Gasteiger partial charge < -0.3 is 15.8 Å². The molecule has 3 N–H and O–H groups in total. The van der Waals surface area contributed by atoms with Crippen molar-refractivity contribution in [2.24, 2.45) is 5.73 Å². The van der Waals surface area contributed by atoms with Crippen LogP contribution in [0.5, 0.6) is 5.75 Å². The second-order valence-electron chi connectivity index (χ2n) is 4.08. The summed E-state index contributed by atoms with van der Waals surface area (Å²) in [6.07, 6.45) is -3.48. The molecule has 4 nitrogen and oxygen atoms in total. The molecule has 0 bridgehead atoms. The van der Waals surface area contributed by atoms with Gasteiger partial charge in [0.25, 0.3) is 0 Å². The van der Waals surface area contributed by atoms with E-state index in [1.807, 2.05) is 6.92 Å². The number of benzene rings is 1. The molecule has 1 rings (SSSR count). The van der Waals surface area contributed by atoms with Crippen molar-refractivity contribution in [3.05, 3.63) is 22.7 Å². The van der Waals surface area contributed by atoms with E-state index in [1.165, 1.54) is 12.1 Å². The van der Waals surface area contributed by atoms with Crippen molar-refractivity contribution in [2.75, 3.05) is 5.32 Å². The van der Waals surface area contributed by atoms with E-state index >= 15 is 0 Å². The molecule has 0 unspecified atom stereocenters. The Morgan fingerprint density at radius 2 is 2.15 bits per heavy atom. The van der Waals surface area contributed by atoms with Crippen molar-refractivity contribution in [1.29, 1.82) is 0 Å². The van der Waals surface area contributed by atoms with Crippen LogP contribution in [-0.2, 0) is 4.79 Å². The highest BCUT2D eigenvalue weighted by Gasteiger charge is 2.32. The van der Waals surface area contributed by atoms with Gasteiger partial charge in [0.2, 0.25) is 5.91 Å². The van der Waals surface area contributed by atoms with Crippen LogP contribution >= 0.6 is 15.9 Å². The molecule has 0 radical (unpaired) electrons. The third-order valence-corrected chi connectivity index (χ3v) is 2.98. The molecule has 0 fully saturated rings. The van der Waals surface area contributed by atoms with E-state index in [0.717, 1.165) is 12.5 Å². The van der Waals surface area contributed by atoms with Crippen molar-refractivity contribution >= 4 is 27.5 Å². The van der Waals surface area contributed by atoms with E-state index in [1.54, 1.807) is 0 Å². The summed E-state index contributed by atoms with van der Waals surface area (Å²) in [7, 11) is 0. The second kappa shape index (κ2) is 6.94. The third-order valence-electron chi connectivity index (χ3n) is 2.36. The van der Waals surface area contributed by atoms with Crippen LogP contribution in [0.1, 0.15) is 19.8 Å². The number of ether oxygens (including phenoxy) is 1. The first-order chi connectivity index (χ1) is 9.23. The summed E-state index contributed by atoms with van der Waals surface area (Å²) in [5, 5.41) is 2.53. The van der Waals surface area contributed by atoms with E-state index in [0.29, 0.717) is 12.1 Å². The number of rotatable bonds is 5. The zero-order chi connectivity index (χ0) is 15.3. The average molecular weight is 355 g/mol. The molecule has 8 heteroatoms. The van der Waals surface area contributed by atoms with Crippen LogP contribution in [0.2, 0.25) is 0 Å². The number of carbonyl (C=O) groups is 1. The fourth-order valence-electron chi connectivity index (χ4n) is 1.46. The minimum Gasteiger partial charge on any atom is -0.405 e. The molecular weight excluding hydrogens is 341 g/mol. The van der Waals surface area contributed by atoms with Gasteiger partial charge in [-0.05, 0) is 40.5 Å². The molecule has 1 aromatic rings. The summed E-state index contributed by atoms with van der Waals surface area (Å²) < 4.78 is 40.2. The number of anilines is 1. The summed E-state index contributed by atoms with van der Waals surface area (Å²) in [5.74, 6) is -0.767. The molecular formula is C12H14BrF3N2O2. The van der Waals surface area contributed by atoms with Crippen LogP contribution in [0.3, 0.4) is 0 Å². The maximum Gasteiger partial charge on any atom is 0.573 e. The first-order valence-electron chi connectivity index (χ1n) is 5.84. The highest BCUT2D eigenvalue weighted by molar-refractivity contribution is 9.10. The Kier molecular flexibility index (Phi) is 5.82. The smallest absolute Gasteiger partial charge is 0.405 e. The zero-order valence-electron chi connectivity index (χ0n) is 10.6. The highest BCUT2D eigenvalue weighted by Crippen LogP contribution is 2.32. The monoisotopic (exact) mass is 354 g/mol. The number of hydrogen-bond acceptors (Lipinski definition) is 3.